The molecule has 5 nitrogen and oxygen atoms in total. The molecule has 0 bridgehead atoms. The number of benzene rings is 3. The van der Waals surface area contributed by atoms with Crippen LogP contribution in [0.3, 0.4) is 0 Å². The van der Waals surface area contributed by atoms with Crippen molar-refractivity contribution in [2.75, 3.05) is 32.1 Å². The minimum absolute atomic E-state index is 0.0648. The van der Waals surface area contributed by atoms with Gasteiger partial charge in [0, 0.05) is 44.0 Å². The van der Waals surface area contributed by atoms with E-state index < -0.39 is 6.17 Å². The van der Waals surface area contributed by atoms with Gasteiger partial charge in [0.15, 0.2) is 0 Å². The number of aryl methyl sites for hydroxylation is 1. The number of rotatable bonds is 4. The Labute approximate surface area is 183 Å². The Bertz CT molecular complexity index is 1060. The molecule has 1 atom stereocenters. The van der Waals surface area contributed by atoms with Crippen LogP contribution in [0.4, 0.5) is 5.69 Å². The van der Waals surface area contributed by atoms with Crippen molar-refractivity contribution in [3.8, 4) is 0 Å². The van der Waals surface area contributed by atoms with Crippen LogP contribution in [0.25, 0.3) is 0 Å². The van der Waals surface area contributed by atoms with Gasteiger partial charge in [-0.2, -0.15) is 0 Å². The Kier molecular flexibility index (Phi) is 5.76. The second-order valence-corrected chi connectivity index (χ2v) is 8.09. The molecule has 1 heterocycles. The molecule has 3 aromatic rings. The Morgan fingerprint density at radius 3 is 1.77 bits per heavy atom. The molecular formula is C26H27N3O2. The van der Waals surface area contributed by atoms with E-state index in [1.54, 1.807) is 9.80 Å². The van der Waals surface area contributed by atoms with Crippen molar-refractivity contribution in [3.63, 3.8) is 0 Å². The van der Waals surface area contributed by atoms with E-state index in [4.69, 9.17) is 0 Å². The first kappa shape index (κ1) is 20.7. The van der Waals surface area contributed by atoms with Crippen molar-refractivity contribution in [3.05, 3.63) is 101 Å². The van der Waals surface area contributed by atoms with Gasteiger partial charge in [0.25, 0.3) is 11.8 Å². The molecule has 0 spiro atoms. The molecule has 0 N–H and O–H groups in total. The van der Waals surface area contributed by atoms with E-state index in [0.717, 1.165) is 16.8 Å². The molecule has 1 saturated heterocycles. The second kappa shape index (κ2) is 8.64. The Balaban J connectivity index is 1.71. The van der Waals surface area contributed by atoms with Crippen molar-refractivity contribution in [1.82, 2.24) is 9.80 Å². The zero-order chi connectivity index (χ0) is 22.0. The molecule has 3 aromatic carbocycles. The van der Waals surface area contributed by atoms with Gasteiger partial charge in [0.2, 0.25) is 0 Å². The van der Waals surface area contributed by atoms with Crippen LogP contribution in [0.1, 0.15) is 38.0 Å². The lowest BCUT2D eigenvalue weighted by molar-refractivity contribution is 0.0545. The molecular weight excluding hydrogens is 386 g/mol. The minimum Gasteiger partial charge on any atom is -0.378 e. The largest absolute Gasteiger partial charge is 0.378 e. The lowest BCUT2D eigenvalue weighted by Crippen LogP contribution is -2.38. The summed E-state index contributed by atoms with van der Waals surface area (Å²) in [6.45, 7) is 2.98. The quantitative estimate of drug-likeness (QED) is 0.638. The molecule has 1 unspecified atom stereocenters. The molecule has 158 valence electrons. The topological polar surface area (TPSA) is 43.9 Å². The summed E-state index contributed by atoms with van der Waals surface area (Å²) in [6.07, 6.45) is -0.447. The van der Waals surface area contributed by atoms with E-state index in [2.05, 4.69) is 0 Å². The normalized spacial score (nSPS) is 15.8. The minimum atomic E-state index is -0.447. The summed E-state index contributed by atoms with van der Waals surface area (Å²) in [5, 5.41) is 0. The zero-order valence-electron chi connectivity index (χ0n) is 18.2. The number of anilines is 1. The third-order valence-electron chi connectivity index (χ3n) is 5.72. The summed E-state index contributed by atoms with van der Waals surface area (Å²) in [4.78, 5) is 32.4. The molecule has 31 heavy (non-hydrogen) atoms. The third kappa shape index (κ3) is 4.17. The number of carbonyl (C=O) groups is 2. The van der Waals surface area contributed by atoms with E-state index in [1.165, 1.54) is 0 Å². The lowest BCUT2D eigenvalue weighted by Gasteiger charge is -2.31. The summed E-state index contributed by atoms with van der Waals surface area (Å²) in [5.74, 6) is -0.133. The summed E-state index contributed by atoms with van der Waals surface area (Å²) >= 11 is 0. The monoisotopic (exact) mass is 413 g/mol. The smallest absolute Gasteiger partial charge is 0.255 e. The Hall–Kier alpha value is -3.60. The van der Waals surface area contributed by atoms with Crippen molar-refractivity contribution in [1.29, 1.82) is 0 Å². The highest BCUT2D eigenvalue weighted by atomic mass is 16.2. The van der Waals surface area contributed by atoms with Crippen LogP contribution >= 0.6 is 0 Å². The molecule has 0 aromatic heterocycles. The average Bonchev–Trinajstić information content (AvgIpc) is 3.24. The highest BCUT2D eigenvalue weighted by Crippen LogP contribution is 2.33. The summed E-state index contributed by atoms with van der Waals surface area (Å²) in [7, 11) is 3.98. The summed E-state index contributed by atoms with van der Waals surface area (Å²) < 4.78 is 0. The highest BCUT2D eigenvalue weighted by molar-refractivity contribution is 5.97. The number of carbonyl (C=O) groups excluding carboxylic acids is 2. The molecule has 0 saturated carbocycles. The maximum atomic E-state index is 13.4. The molecule has 1 aliphatic rings. The van der Waals surface area contributed by atoms with Gasteiger partial charge in [-0.3, -0.25) is 9.59 Å². The number of nitrogens with zero attached hydrogens (tertiary/aromatic N) is 3. The predicted octanol–water partition coefficient (Wildman–Crippen LogP) is 4.36. The zero-order valence-corrected chi connectivity index (χ0v) is 18.2. The SMILES string of the molecule is Cc1ccc(C(=O)N2CCN(C(=O)c3ccccc3)C2c2ccc(N(C)C)cc2)cc1. The lowest BCUT2D eigenvalue weighted by atomic mass is 10.1. The first-order valence-corrected chi connectivity index (χ1v) is 10.5. The fraction of sp³-hybridized carbons (Fsp3) is 0.231. The van der Waals surface area contributed by atoms with Crippen molar-refractivity contribution >= 4 is 17.5 Å². The van der Waals surface area contributed by atoms with Crippen molar-refractivity contribution < 1.29 is 9.59 Å². The molecule has 1 aliphatic heterocycles. The number of amides is 2. The van der Waals surface area contributed by atoms with Gasteiger partial charge in [-0.25, -0.2) is 0 Å². The van der Waals surface area contributed by atoms with E-state index >= 15 is 0 Å². The van der Waals surface area contributed by atoms with Crippen LogP contribution in [-0.2, 0) is 0 Å². The maximum absolute atomic E-state index is 13.4. The van der Waals surface area contributed by atoms with Crippen molar-refractivity contribution in [2.45, 2.75) is 13.1 Å². The molecule has 5 heteroatoms. The van der Waals surface area contributed by atoms with Crippen LogP contribution in [-0.4, -0.2) is 48.8 Å². The van der Waals surface area contributed by atoms with Gasteiger partial charge in [-0.05, 0) is 48.9 Å². The summed E-state index contributed by atoms with van der Waals surface area (Å²) in [5.41, 5.74) is 4.36. The number of hydrogen-bond acceptors (Lipinski definition) is 3. The van der Waals surface area contributed by atoms with Gasteiger partial charge in [-0.1, -0.05) is 48.0 Å². The Morgan fingerprint density at radius 1 is 0.742 bits per heavy atom. The van der Waals surface area contributed by atoms with E-state index in [-0.39, 0.29) is 11.8 Å². The average molecular weight is 414 g/mol. The van der Waals surface area contributed by atoms with E-state index in [1.807, 2.05) is 105 Å². The number of hydrogen-bond donors (Lipinski definition) is 0. The van der Waals surface area contributed by atoms with Crippen LogP contribution in [0.15, 0.2) is 78.9 Å². The van der Waals surface area contributed by atoms with Crippen molar-refractivity contribution in [2.24, 2.45) is 0 Å². The van der Waals surface area contributed by atoms with Crippen LogP contribution < -0.4 is 4.90 Å². The van der Waals surface area contributed by atoms with Gasteiger partial charge < -0.3 is 14.7 Å². The molecule has 4 rings (SSSR count). The van der Waals surface area contributed by atoms with E-state index in [0.29, 0.717) is 24.2 Å². The predicted molar refractivity (Wildman–Crippen MR) is 123 cm³/mol. The fourth-order valence-corrected chi connectivity index (χ4v) is 3.97. The van der Waals surface area contributed by atoms with Gasteiger partial charge in [0.1, 0.15) is 6.17 Å². The molecule has 0 radical (unpaired) electrons. The standard InChI is InChI=1S/C26H27N3O2/c1-19-9-11-22(12-10-19)26(31)29-18-17-28(25(30)21-7-5-4-6-8-21)24(29)20-13-15-23(16-14-20)27(2)3/h4-16,24H,17-18H2,1-3H3. The Morgan fingerprint density at radius 2 is 1.26 bits per heavy atom. The molecule has 2 amide bonds. The first-order chi connectivity index (χ1) is 15.0. The van der Waals surface area contributed by atoms with Crippen LogP contribution in [0, 0.1) is 6.92 Å². The van der Waals surface area contributed by atoms with Gasteiger partial charge >= 0.3 is 0 Å². The molecule has 0 aliphatic carbocycles. The van der Waals surface area contributed by atoms with Gasteiger partial charge in [-0.15, -0.1) is 0 Å². The van der Waals surface area contributed by atoms with E-state index in [9.17, 15) is 9.59 Å². The van der Waals surface area contributed by atoms with Crippen LogP contribution in [0.2, 0.25) is 0 Å². The van der Waals surface area contributed by atoms with Gasteiger partial charge in [0.05, 0.1) is 0 Å². The first-order valence-electron chi connectivity index (χ1n) is 10.5. The summed E-state index contributed by atoms with van der Waals surface area (Å²) in [6, 6.07) is 24.9. The maximum Gasteiger partial charge on any atom is 0.255 e. The second-order valence-electron chi connectivity index (χ2n) is 8.09. The highest BCUT2D eigenvalue weighted by Gasteiger charge is 2.39. The molecule has 1 fully saturated rings. The third-order valence-corrected chi connectivity index (χ3v) is 5.72. The fourth-order valence-electron chi connectivity index (χ4n) is 3.97. The van der Waals surface area contributed by atoms with Crippen LogP contribution in [0.5, 0.6) is 0 Å².